The highest BCUT2D eigenvalue weighted by Crippen LogP contribution is 2.23. The van der Waals surface area contributed by atoms with E-state index in [1.807, 2.05) is 0 Å². The highest BCUT2D eigenvalue weighted by Gasteiger charge is 2.22. The smallest absolute Gasteiger partial charge is 0.240 e. The van der Waals surface area contributed by atoms with Gasteiger partial charge in [0.25, 0.3) is 0 Å². The summed E-state index contributed by atoms with van der Waals surface area (Å²) in [5.74, 6) is 1.15. The lowest BCUT2D eigenvalue weighted by Gasteiger charge is -2.20. The topological polar surface area (TPSA) is 83.9 Å². The summed E-state index contributed by atoms with van der Waals surface area (Å²) in [7, 11) is 0. The lowest BCUT2D eigenvalue weighted by atomic mass is 10.2. The summed E-state index contributed by atoms with van der Waals surface area (Å²) >= 11 is 5.47. The molecule has 3 heterocycles. The van der Waals surface area contributed by atoms with Crippen LogP contribution >= 0.6 is 11.6 Å². The maximum absolute atomic E-state index is 11.3. The lowest BCUT2D eigenvalue weighted by molar-refractivity contribution is -0.113. The molecule has 8 heteroatoms. The van der Waals surface area contributed by atoms with Crippen molar-refractivity contribution in [3.05, 3.63) is 24.7 Å². The van der Waals surface area contributed by atoms with Gasteiger partial charge in [0.2, 0.25) is 11.9 Å². The fourth-order valence-electron chi connectivity index (χ4n) is 2.56. The number of nitrogens with zero attached hydrogens (tertiary/aromatic N) is 5. The minimum atomic E-state index is -0.314. The van der Waals surface area contributed by atoms with E-state index in [4.69, 9.17) is 11.6 Å². The SMILES string of the molecule is C[C@H]1CCCN1c1ncc(-c2nccc(NC(=O)CCl)n2)cn1. The Morgan fingerprint density at radius 1 is 1.39 bits per heavy atom. The molecule has 0 spiro atoms. The molecule has 0 unspecified atom stereocenters. The number of halogens is 1. The fraction of sp³-hybridized carbons (Fsp3) is 0.400. The van der Waals surface area contributed by atoms with E-state index < -0.39 is 0 Å². The monoisotopic (exact) mass is 332 g/mol. The standard InChI is InChI=1S/C15H17ClN6O/c1-10-3-2-6-22(10)15-18-8-11(9-19-15)14-17-5-4-12(21-14)20-13(23)7-16/h4-5,8-10H,2-3,6-7H2,1H3,(H,17,20,21,23)/t10-/m0/s1. The maximum Gasteiger partial charge on any atom is 0.240 e. The second-order valence-corrected chi connectivity index (χ2v) is 5.67. The van der Waals surface area contributed by atoms with Crippen molar-refractivity contribution < 1.29 is 4.79 Å². The van der Waals surface area contributed by atoms with Crippen molar-refractivity contribution in [2.24, 2.45) is 0 Å². The molecule has 3 rings (SSSR count). The summed E-state index contributed by atoms with van der Waals surface area (Å²) < 4.78 is 0. The predicted molar refractivity (Wildman–Crippen MR) is 88.4 cm³/mol. The van der Waals surface area contributed by atoms with Gasteiger partial charge in [-0.1, -0.05) is 0 Å². The van der Waals surface area contributed by atoms with Gasteiger partial charge in [0.05, 0.1) is 5.56 Å². The number of aromatic nitrogens is 4. The van der Waals surface area contributed by atoms with Crippen molar-refractivity contribution in [2.45, 2.75) is 25.8 Å². The first-order valence-corrected chi connectivity index (χ1v) is 7.99. The van der Waals surface area contributed by atoms with Crippen LogP contribution < -0.4 is 10.2 Å². The molecule has 120 valence electrons. The highest BCUT2D eigenvalue weighted by molar-refractivity contribution is 6.29. The lowest BCUT2D eigenvalue weighted by Crippen LogP contribution is -2.28. The van der Waals surface area contributed by atoms with Crippen molar-refractivity contribution in [2.75, 3.05) is 22.6 Å². The largest absolute Gasteiger partial charge is 0.338 e. The van der Waals surface area contributed by atoms with Crippen molar-refractivity contribution in [1.29, 1.82) is 0 Å². The number of amides is 1. The molecule has 0 aromatic carbocycles. The molecule has 1 amide bonds. The van der Waals surface area contributed by atoms with Crippen LogP contribution in [0.2, 0.25) is 0 Å². The van der Waals surface area contributed by atoms with E-state index >= 15 is 0 Å². The average molecular weight is 333 g/mol. The predicted octanol–water partition coefficient (Wildman–Crippen LogP) is 2.10. The van der Waals surface area contributed by atoms with Gasteiger partial charge in [0.1, 0.15) is 11.7 Å². The minimum absolute atomic E-state index is 0.120. The van der Waals surface area contributed by atoms with Gasteiger partial charge in [-0.05, 0) is 25.8 Å². The zero-order valence-electron chi connectivity index (χ0n) is 12.7. The number of rotatable bonds is 4. The number of nitrogens with one attached hydrogen (secondary N) is 1. The number of hydrogen-bond donors (Lipinski definition) is 1. The Kier molecular flexibility index (Phi) is 4.66. The van der Waals surface area contributed by atoms with E-state index in [0.717, 1.165) is 25.3 Å². The molecule has 0 radical (unpaired) electrons. The van der Waals surface area contributed by atoms with Crippen LogP contribution in [-0.2, 0) is 4.79 Å². The minimum Gasteiger partial charge on any atom is -0.338 e. The van der Waals surface area contributed by atoms with Crippen LogP contribution in [0.25, 0.3) is 11.4 Å². The molecule has 2 aromatic rings. The van der Waals surface area contributed by atoms with Crippen LogP contribution in [0.4, 0.5) is 11.8 Å². The van der Waals surface area contributed by atoms with Gasteiger partial charge in [-0.15, -0.1) is 11.6 Å². The van der Waals surface area contributed by atoms with Crippen LogP contribution in [0.3, 0.4) is 0 Å². The number of alkyl halides is 1. The second kappa shape index (κ2) is 6.87. The van der Waals surface area contributed by atoms with Crippen LogP contribution in [0.5, 0.6) is 0 Å². The quantitative estimate of drug-likeness (QED) is 0.863. The van der Waals surface area contributed by atoms with Crippen LogP contribution in [-0.4, -0.2) is 44.3 Å². The third kappa shape index (κ3) is 3.56. The van der Waals surface area contributed by atoms with Gasteiger partial charge in [-0.3, -0.25) is 4.79 Å². The molecule has 1 aliphatic rings. The van der Waals surface area contributed by atoms with Gasteiger partial charge in [-0.25, -0.2) is 19.9 Å². The number of carbonyl (C=O) groups is 1. The normalized spacial score (nSPS) is 17.3. The molecule has 1 atom stereocenters. The van der Waals surface area contributed by atoms with Crippen molar-refractivity contribution in [3.8, 4) is 11.4 Å². The van der Waals surface area contributed by atoms with Crippen molar-refractivity contribution >= 4 is 29.3 Å². The Balaban J connectivity index is 1.79. The first-order chi connectivity index (χ1) is 11.2. The molecule has 1 saturated heterocycles. The van der Waals surface area contributed by atoms with Crippen molar-refractivity contribution in [1.82, 2.24) is 19.9 Å². The number of anilines is 2. The molecule has 1 fully saturated rings. The Morgan fingerprint density at radius 3 is 2.83 bits per heavy atom. The Labute approximate surface area is 139 Å². The first kappa shape index (κ1) is 15.6. The van der Waals surface area contributed by atoms with E-state index in [2.05, 4.69) is 37.1 Å². The van der Waals surface area contributed by atoms with Gasteiger partial charge >= 0.3 is 0 Å². The van der Waals surface area contributed by atoms with E-state index in [1.54, 1.807) is 24.7 Å². The molecular formula is C15H17ClN6O. The molecule has 1 aliphatic heterocycles. The summed E-state index contributed by atoms with van der Waals surface area (Å²) in [5, 5.41) is 2.59. The number of carbonyl (C=O) groups excluding carboxylic acids is 1. The van der Waals surface area contributed by atoms with E-state index in [9.17, 15) is 4.79 Å². The molecule has 1 N–H and O–H groups in total. The van der Waals surface area contributed by atoms with Gasteiger partial charge in [0.15, 0.2) is 5.82 Å². The summed E-state index contributed by atoms with van der Waals surface area (Å²) in [5.41, 5.74) is 0.697. The summed E-state index contributed by atoms with van der Waals surface area (Å²) in [6.45, 7) is 3.16. The molecule has 23 heavy (non-hydrogen) atoms. The molecule has 0 aliphatic carbocycles. The Morgan fingerprint density at radius 2 is 2.17 bits per heavy atom. The van der Waals surface area contributed by atoms with Crippen LogP contribution in [0.15, 0.2) is 24.7 Å². The van der Waals surface area contributed by atoms with E-state index in [1.165, 1.54) is 0 Å². The van der Waals surface area contributed by atoms with Crippen molar-refractivity contribution in [3.63, 3.8) is 0 Å². The third-order valence-corrected chi connectivity index (χ3v) is 3.99. The van der Waals surface area contributed by atoms with Gasteiger partial charge in [-0.2, -0.15) is 0 Å². The molecule has 2 aromatic heterocycles. The third-order valence-electron chi connectivity index (χ3n) is 3.75. The van der Waals surface area contributed by atoms with Gasteiger partial charge in [0, 0.05) is 31.2 Å². The second-order valence-electron chi connectivity index (χ2n) is 5.40. The molecular weight excluding hydrogens is 316 g/mol. The molecule has 0 bridgehead atoms. The van der Waals surface area contributed by atoms with Crippen LogP contribution in [0.1, 0.15) is 19.8 Å². The summed E-state index contributed by atoms with van der Waals surface area (Å²) in [4.78, 5) is 30.8. The zero-order chi connectivity index (χ0) is 16.2. The average Bonchev–Trinajstić information content (AvgIpc) is 3.01. The molecule has 7 nitrogen and oxygen atoms in total. The number of hydrogen-bond acceptors (Lipinski definition) is 6. The Bertz CT molecular complexity index is 693. The summed E-state index contributed by atoms with van der Waals surface area (Å²) in [6, 6.07) is 2.07. The molecule has 0 saturated carbocycles. The Hall–Kier alpha value is -2.28. The van der Waals surface area contributed by atoms with Crippen LogP contribution in [0, 0.1) is 0 Å². The van der Waals surface area contributed by atoms with E-state index in [-0.39, 0.29) is 11.8 Å². The maximum atomic E-state index is 11.3. The first-order valence-electron chi connectivity index (χ1n) is 7.45. The van der Waals surface area contributed by atoms with Gasteiger partial charge < -0.3 is 10.2 Å². The van der Waals surface area contributed by atoms with E-state index in [0.29, 0.717) is 23.2 Å². The fourth-order valence-corrected chi connectivity index (χ4v) is 2.63. The highest BCUT2D eigenvalue weighted by atomic mass is 35.5. The zero-order valence-corrected chi connectivity index (χ0v) is 13.5. The summed E-state index contributed by atoms with van der Waals surface area (Å²) in [6.07, 6.45) is 7.31.